The standard InChI is InChI=1S/C32H30FN5O4/c33-22-12-9-20(10-13-22)30-26(6-2-4-8-29(39)40)34-27-19-21(11-14-24(27)35-30)31(41)37-17-15-23(16-18-37)38-28-7-3-1-5-25(28)36-32(38)42/h1,3,5,7,9-14,19,23H,2,4,6,8,15-18H2,(H,36,42)(H,39,40). The van der Waals surface area contributed by atoms with Crippen LogP contribution >= 0.6 is 0 Å². The van der Waals surface area contributed by atoms with Gasteiger partial charge in [0.15, 0.2) is 0 Å². The summed E-state index contributed by atoms with van der Waals surface area (Å²) < 4.78 is 15.4. The number of fused-ring (bicyclic) bond motifs is 2. The monoisotopic (exact) mass is 567 g/mol. The van der Waals surface area contributed by atoms with Crippen LogP contribution in [0.15, 0.2) is 71.5 Å². The molecule has 3 heterocycles. The van der Waals surface area contributed by atoms with Crippen molar-refractivity contribution in [2.24, 2.45) is 0 Å². The minimum Gasteiger partial charge on any atom is -0.481 e. The first-order valence-corrected chi connectivity index (χ1v) is 14.1. The predicted molar refractivity (Wildman–Crippen MR) is 157 cm³/mol. The second kappa shape index (κ2) is 11.6. The summed E-state index contributed by atoms with van der Waals surface area (Å²) >= 11 is 0. The molecule has 0 atom stereocenters. The Hall–Kier alpha value is -4.86. The number of aromatic nitrogens is 4. The number of imidazole rings is 1. The molecule has 0 radical (unpaired) electrons. The molecule has 0 unspecified atom stereocenters. The van der Waals surface area contributed by atoms with Gasteiger partial charge in [-0.15, -0.1) is 0 Å². The number of carboxylic acids is 1. The summed E-state index contributed by atoms with van der Waals surface area (Å²) in [5.74, 6) is -1.30. The molecule has 0 saturated carbocycles. The van der Waals surface area contributed by atoms with Crippen LogP contribution in [0.3, 0.4) is 0 Å². The van der Waals surface area contributed by atoms with E-state index in [4.69, 9.17) is 15.1 Å². The minimum atomic E-state index is -0.848. The van der Waals surface area contributed by atoms with Crippen LogP contribution in [0.1, 0.15) is 54.2 Å². The second-order valence-electron chi connectivity index (χ2n) is 10.7. The summed E-state index contributed by atoms with van der Waals surface area (Å²) in [5.41, 5.74) is 5.25. The molecule has 214 valence electrons. The number of carbonyl (C=O) groups is 2. The van der Waals surface area contributed by atoms with Crippen molar-refractivity contribution in [3.63, 3.8) is 0 Å². The number of aryl methyl sites for hydroxylation is 1. The summed E-state index contributed by atoms with van der Waals surface area (Å²) in [6.07, 6.45) is 3.01. The fraction of sp³-hybridized carbons (Fsp3) is 0.281. The molecule has 1 aliphatic heterocycles. The van der Waals surface area contributed by atoms with E-state index in [9.17, 15) is 18.8 Å². The third kappa shape index (κ3) is 5.52. The quantitative estimate of drug-likeness (QED) is 0.244. The van der Waals surface area contributed by atoms with Gasteiger partial charge in [-0.25, -0.2) is 19.2 Å². The van der Waals surface area contributed by atoms with E-state index in [-0.39, 0.29) is 29.9 Å². The number of unbranched alkanes of at least 4 members (excludes halogenated alkanes) is 1. The highest BCUT2D eigenvalue weighted by Gasteiger charge is 2.27. The number of H-pyrrole nitrogens is 1. The number of amides is 1. The van der Waals surface area contributed by atoms with Crippen molar-refractivity contribution < 1.29 is 19.1 Å². The van der Waals surface area contributed by atoms with E-state index in [2.05, 4.69) is 4.98 Å². The van der Waals surface area contributed by atoms with Gasteiger partial charge in [0.25, 0.3) is 5.91 Å². The van der Waals surface area contributed by atoms with Crippen molar-refractivity contribution in [3.05, 3.63) is 94.3 Å². The summed E-state index contributed by atoms with van der Waals surface area (Å²) in [4.78, 5) is 51.5. The fourth-order valence-electron chi connectivity index (χ4n) is 5.75. The second-order valence-corrected chi connectivity index (χ2v) is 10.7. The maximum atomic E-state index is 13.6. The summed E-state index contributed by atoms with van der Waals surface area (Å²) in [7, 11) is 0. The Morgan fingerprint density at radius 1 is 0.952 bits per heavy atom. The Kier molecular flexibility index (Phi) is 7.52. The van der Waals surface area contributed by atoms with E-state index < -0.39 is 5.97 Å². The molecule has 0 aliphatic carbocycles. The van der Waals surface area contributed by atoms with Crippen LogP contribution < -0.4 is 5.69 Å². The summed E-state index contributed by atoms with van der Waals surface area (Å²) in [6.45, 7) is 1.05. The average Bonchev–Trinajstić information content (AvgIpc) is 3.34. The smallest absolute Gasteiger partial charge is 0.326 e. The Labute approximate surface area is 240 Å². The van der Waals surface area contributed by atoms with Gasteiger partial charge in [0.2, 0.25) is 0 Å². The number of benzene rings is 3. The van der Waals surface area contributed by atoms with Crippen LogP contribution in [-0.4, -0.2) is 54.5 Å². The van der Waals surface area contributed by atoms with Crippen LogP contribution in [0.5, 0.6) is 0 Å². The molecule has 6 rings (SSSR count). The first kappa shape index (κ1) is 27.3. The Bertz CT molecular complexity index is 1840. The molecule has 3 aromatic carbocycles. The van der Waals surface area contributed by atoms with E-state index in [1.54, 1.807) is 34.9 Å². The molecule has 5 aromatic rings. The lowest BCUT2D eigenvalue weighted by molar-refractivity contribution is -0.137. The third-order valence-corrected chi connectivity index (χ3v) is 7.90. The van der Waals surface area contributed by atoms with E-state index in [0.717, 1.165) is 16.6 Å². The Morgan fingerprint density at radius 2 is 1.71 bits per heavy atom. The van der Waals surface area contributed by atoms with Gasteiger partial charge in [-0.1, -0.05) is 12.1 Å². The molecule has 2 aromatic heterocycles. The number of aromatic amines is 1. The van der Waals surface area contributed by atoms with Crippen LogP contribution in [0.4, 0.5) is 4.39 Å². The number of piperidine rings is 1. The normalized spacial score (nSPS) is 14.1. The van der Waals surface area contributed by atoms with Crippen LogP contribution in [0.2, 0.25) is 0 Å². The number of para-hydroxylation sites is 2. The first-order valence-electron chi connectivity index (χ1n) is 14.1. The lowest BCUT2D eigenvalue weighted by Crippen LogP contribution is -2.40. The topological polar surface area (TPSA) is 121 Å². The van der Waals surface area contributed by atoms with E-state index in [1.807, 2.05) is 29.2 Å². The molecular formula is C32H30FN5O4. The molecule has 1 aliphatic rings. The van der Waals surface area contributed by atoms with Crippen molar-refractivity contribution in [3.8, 4) is 11.3 Å². The zero-order chi connectivity index (χ0) is 29.2. The zero-order valence-corrected chi connectivity index (χ0v) is 22.9. The van der Waals surface area contributed by atoms with E-state index in [0.29, 0.717) is 73.2 Å². The van der Waals surface area contributed by atoms with Gasteiger partial charge in [-0.05, 0) is 86.7 Å². The lowest BCUT2D eigenvalue weighted by atomic mass is 10.0. The van der Waals surface area contributed by atoms with E-state index in [1.165, 1.54) is 12.1 Å². The highest BCUT2D eigenvalue weighted by Crippen LogP contribution is 2.28. The maximum absolute atomic E-state index is 13.6. The van der Waals surface area contributed by atoms with Gasteiger partial charge < -0.3 is 15.0 Å². The van der Waals surface area contributed by atoms with Crippen molar-refractivity contribution in [2.75, 3.05) is 13.1 Å². The highest BCUT2D eigenvalue weighted by atomic mass is 19.1. The number of aliphatic carboxylic acids is 1. The molecule has 2 N–H and O–H groups in total. The molecule has 0 spiro atoms. The Morgan fingerprint density at radius 3 is 2.48 bits per heavy atom. The largest absolute Gasteiger partial charge is 0.481 e. The van der Waals surface area contributed by atoms with Crippen LogP contribution in [0, 0.1) is 5.82 Å². The number of likely N-dealkylation sites (tertiary alicyclic amines) is 1. The van der Waals surface area contributed by atoms with Crippen LogP contribution in [0.25, 0.3) is 33.3 Å². The van der Waals surface area contributed by atoms with Crippen molar-refractivity contribution in [2.45, 2.75) is 44.6 Å². The fourth-order valence-corrected chi connectivity index (χ4v) is 5.75. The molecule has 1 amide bonds. The number of rotatable bonds is 8. The van der Waals surface area contributed by atoms with Crippen molar-refractivity contribution in [1.29, 1.82) is 0 Å². The van der Waals surface area contributed by atoms with Crippen molar-refractivity contribution in [1.82, 2.24) is 24.4 Å². The zero-order valence-electron chi connectivity index (χ0n) is 22.9. The molecule has 0 bridgehead atoms. The number of nitrogens with zero attached hydrogens (tertiary/aromatic N) is 4. The number of carbonyl (C=O) groups excluding carboxylic acids is 1. The van der Waals surface area contributed by atoms with Gasteiger partial charge in [0, 0.05) is 36.7 Å². The minimum absolute atomic E-state index is 0.00809. The molecule has 9 nitrogen and oxygen atoms in total. The van der Waals surface area contributed by atoms with Gasteiger partial charge in [-0.2, -0.15) is 0 Å². The molecule has 42 heavy (non-hydrogen) atoms. The number of carboxylic acid groups (broad SMARTS) is 1. The first-order chi connectivity index (χ1) is 20.4. The third-order valence-electron chi connectivity index (χ3n) is 7.90. The average molecular weight is 568 g/mol. The maximum Gasteiger partial charge on any atom is 0.326 e. The van der Waals surface area contributed by atoms with Crippen molar-refractivity contribution >= 4 is 33.9 Å². The van der Waals surface area contributed by atoms with Gasteiger partial charge in [-0.3, -0.25) is 14.2 Å². The SMILES string of the molecule is O=C(O)CCCCc1nc2cc(C(=O)N3CCC(n4c(=O)[nH]c5ccccc54)CC3)ccc2nc1-c1ccc(F)cc1. The Balaban J connectivity index is 1.23. The predicted octanol–water partition coefficient (Wildman–Crippen LogP) is 5.35. The van der Waals surface area contributed by atoms with Gasteiger partial charge in [0.05, 0.1) is 33.5 Å². The summed E-state index contributed by atoms with van der Waals surface area (Å²) in [6, 6.07) is 18.9. The number of hydrogen-bond donors (Lipinski definition) is 2. The van der Waals surface area contributed by atoms with E-state index >= 15 is 0 Å². The highest BCUT2D eigenvalue weighted by molar-refractivity contribution is 5.97. The molecular weight excluding hydrogens is 537 g/mol. The number of nitrogens with one attached hydrogen (secondary N) is 1. The number of halogens is 1. The number of hydrogen-bond acceptors (Lipinski definition) is 5. The summed E-state index contributed by atoms with van der Waals surface area (Å²) in [5, 5.41) is 9.00. The molecule has 1 fully saturated rings. The lowest BCUT2D eigenvalue weighted by Gasteiger charge is -2.32. The van der Waals surface area contributed by atoms with Gasteiger partial charge >= 0.3 is 11.7 Å². The van der Waals surface area contributed by atoms with Gasteiger partial charge in [0.1, 0.15) is 5.82 Å². The molecule has 10 heteroatoms. The van der Waals surface area contributed by atoms with Crippen LogP contribution in [-0.2, 0) is 11.2 Å². The molecule has 1 saturated heterocycles.